The molecule has 0 aliphatic heterocycles. The largest absolute Gasteiger partial charge is 0.416 e. The maximum atomic E-state index is 12.6. The van der Waals surface area contributed by atoms with Crippen LogP contribution in [0.3, 0.4) is 0 Å². The van der Waals surface area contributed by atoms with E-state index in [0.29, 0.717) is 11.7 Å². The average molecular weight is 215 g/mol. The van der Waals surface area contributed by atoms with Gasteiger partial charge in [-0.15, -0.1) is 0 Å². The third-order valence-corrected chi connectivity index (χ3v) is 2.49. The van der Waals surface area contributed by atoms with Crippen molar-refractivity contribution in [3.63, 3.8) is 0 Å². The Bertz CT molecular complexity index is 367. The molecule has 1 aliphatic carbocycles. The normalized spacial score (nSPS) is 16.5. The molecular weight excluding hydrogens is 203 g/mol. The van der Waals surface area contributed by atoms with Crippen LogP contribution in [0.2, 0.25) is 0 Å². The van der Waals surface area contributed by atoms with E-state index in [4.69, 9.17) is 0 Å². The molecule has 15 heavy (non-hydrogen) atoms. The van der Waals surface area contributed by atoms with Crippen LogP contribution in [-0.2, 0) is 6.18 Å². The molecule has 0 amide bonds. The molecule has 1 aliphatic rings. The van der Waals surface area contributed by atoms with Gasteiger partial charge >= 0.3 is 6.18 Å². The zero-order valence-corrected chi connectivity index (χ0v) is 8.36. The second-order valence-corrected chi connectivity index (χ2v) is 3.95. The number of benzene rings is 1. The molecule has 1 N–H and O–H groups in total. The molecule has 0 atom stereocenters. The van der Waals surface area contributed by atoms with E-state index in [-0.39, 0.29) is 5.56 Å². The van der Waals surface area contributed by atoms with E-state index >= 15 is 0 Å². The molecule has 0 heterocycles. The monoisotopic (exact) mass is 215 g/mol. The van der Waals surface area contributed by atoms with Crippen molar-refractivity contribution in [2.24, 2.45) is 0 Å². The third kappa shape index (κ3) is 2.43. The molecule has 0 unspecified atom stereocenters. The Morgan fingerprint density at radius 3 is 2.47 bits per heavy atom. The first kappa shape index (κ1) is 10.3. The van der Waals surface area contributed by atoms with Crippen molar-refractivity contribution in [2.45, 2.75) is 32.0 Å². The van der Waals surface area contributed by atoms with E-state index in [2.05, 4.69) is 5.32 Å². The summed E-state index contributed by atoms with van der Waals surface area (Å²) in [6.45, 7) is 1.48. The number of rotatable bonds is 2. The van der Waals surface area contributed by atoms with Gasteiger partial charge < -0.3 is 5.32 Å². The van der Waals surface area contributed by atoms with E-state index in [1.807, 2.05) is 0 Å². The molecule has 4 heteroatoms. The highest BCUT2D eigenvalue weighted by Gasteiger charge is 2.32. The molecule has 1 saturated carbocycles. The number of alkyl halides is 3. The van der Waals surface area contributed by atoms with Crippen LogP contribution in [0.5, 0.6) is 0 Å². The minimum Gasteiger partial charge on any atom is -0.382 e. The van der Waals surface area contributed by atoms with Crippen LogP contribution < -0.4 is 5.32 Å². The van der Waals surface area contributed by atoms with E-state index in [1.54, 1.807) is 6.07 Å². The van der Waals surface area contributed by atoms with Crippen LogP contribution in [0.1, 0.15) is 24.0 Å². The van der Waals surface area contributed by atoms with Gasteiger partial charge in [0.2, 0.25) is 0 Å². The van der Waals surface area contributed by atoms with Crippen molar-refractivity contribution >= 4 is 5.69 Å². The minimum absolute atomic E-state index is 0.267. The van der Waals surface area contributed by atoms with E-state index in [1.165, 1.54) is 19.1 Å². The highest BCUT2D eigenvalue weighted by Crippen LogP contribution is 2.34. The zero-order valence-electron chi connectivity index (χ0n) is 8.36. The Balaban J connectivity index is 2.27. The second kappa shape index (κ2) is 3.43. The number of hydrogen-bond donors (Lipinski definition) is 1. The van der Waals surface area contributed by atoms with Crippen LogP contribution in [0.25, 0.3) is 0 Å². The summed E-state index contributed by atoms with van der Waals surface area (Å²) < 4.78 is 37.7. The predicted molar refractivity (Wildman–Crippen MR) is 52.8 cm³/mol. The SMILES string of the molecule is Cc1ccc(NC2CC2)cc1C(F)(F)F. The van der Waals surface area contributed by atoms with E-state index < -0.39 is 11.7 Å². The molecule has 1 fully saturated rings. The molecule has 0 bridgehead atoms. The summed E-state index contributed by atoms with van der Waals surface area (Å²) in [5.41, 5.74) is 0.285. The maximum absolute atomic E-state index is 12.6. The smallest absolute Gasteiger partial charge is 0.382 e. The van der Waals surface area contributed by atoms with E-state index in [9.17, 15) is 13.2 Å². The van der Waals surface area contributed by atoms with Gasteiger partial charge in [0.15, 0.2) is 0 Å². The Kier molecular flexibility index (Phi) is 2.37. The fourth-order valence-corrected chi connectivity index (χ4v) is 1.48. The second-order valence-electron chi connectivity index (χ2n) is 3.95. The summed E-state index contributed by atoms with van der Waals surface area (Å²) in [5, 5.41) is 3.06. The molecule has 1 aromatic carbocycles. The van der Waals surface area contributed by atoms with Crippen LogP contribution in [-0.4, -0.2) is 6.04 Å². The quantitative estimate of drug-likeness (QED) is 0.794. The van der Waals surface area contributed by atoms with Gasteiger partial charge in [-0.05, 0) is 37.5 Å². The molecular formula is C11H12F3N. The summed E-state index contributed by atoms with van der Waals surface area (Å²) in [4.78, 5) is 0. The molecule has 0 spiro atoms. The molecule has 1 aromatic rings. The van der Waals surface area contributed by atoms with Gasteiger partial charge in [0.1, 0.15) is 0 Å². The molecule has 0 saturated heterocycles. The summed E-state index contributed by atoms with van der Waals surface area (Å²) in [5.74, 6) is 0. The van der Waals surface area contributed by atoms with Crippen LogP contribution in [0.15, 0.2) is 18.2 Å². The van der Waals surface area contributed by atoms with Gasteiger partial charge in [0, 0.05) is 11.7 Å². The Labute approximate surface area is 86.3 Å². The maximum Gasteiger partial charge on any atom is 0.416 e. The Morgan fingerprint density at radius 2 is 1.93 bits per heavy atom. The summed E-state index contributed by atoms with van der Waals surface area (Å²) in [7, 11) is 0. The summed E-state index contributed by atoms with van der Waals surface area (Å²) >= 11 is 0. The Hall–Kier alpha value is -1.19. The lowest BCUT2D eigenvalue weighted by Gasteiger charge is -2.12. The van der Waals surface area contributed by atoms with Crippen molar-refractivity contribution in [3.8, 4) is 0 Å². The molecule has 0 aromatic heterocycles. The van der Waals surface area contributed by atoms with Gasteiger partial charge in [-0.2, -0.15) is 13.2 Å². The first-order valence-corrected chi connectivity index (χ1v) is 4.91. The average Bonchev–Trinajstić information content (AvgIpc) is 2.90. The number of anilines is 1. The Morgan fingerprint density at radius 1 is 1.27 bits per heavy atom. The highest BCUT2D eigenvalue weighted by atomic mass is 19.4. The molecule has 1 nitrogen and oxygen atoms in total. The van der Waals surface area contributed by atoms with Crippen LogP contribution in [0.4, 0.5) is 18.9 Å². The topological polar surface area (TPSA) is 12.0 Å². The van der Waals surface area contributed by atoms with Gasteiger partial charge in [-0.3, -0.25) is 0 Å². The van der Waals surface area contributed by atoms with Crippen molar-refractivity contribution < 1.29 is 13.2 Å². The van der Waals surface area contributed by atoms with Gasteiger partial charge in [0.05, 0.1) is 5.56 Å². The summed E-state index contributed by atoms with van der Waals surface area (Å²) in [6, 6.07) is 4.76. The number of aryl methyl sites for hydroxylation is 1. The van der Waals surface area contributed by atoms with Gasteiger partial charge in [-0.25, -0.2) is 0 Å². The minimum atomic E-state index is -4.26. The van der Waals surface area contributed by atoms with Crippen molar-refractivity contribution in [3.05, 3.63) is 29.3 Å². The van der Waals surface area contributed by atoms with Crippen LogP contribution in [0, 0.1) is 6.92 Å². The third-order valence-electron chi connectivity index (χ3n) is 2.49. The fourth-order valence-electron chi connectivity index (χ4n) is 1.48. The fraction of sp³-hybridized carbons (Fsp3) is 0.455. The zero-order chi connectivity index (χ0) is 11.1. The first-order chi connectivity index (χ1) is 6.97. The number of nitrogens with one attached hydrogen (secondary N) is 1. The first-order valence-electron chi connectivity index (χ1n) is 4.91. The van der Waals surface area contributed by atoms with E-state index in [0.717, 1.165) is 12.8 Å². The predicted octanol–water partition coefficient (Wildman–Crippen LogP) is 3.59. The molecule has 82 valence electrons. The molecule has 0 radical (unpaired) electrons. The lowest BCUT2D eigenvalue weighted by molar-refractivity contribution is -0.138. The lowest BCUT2D eigenvalue weighted by atomic mass is 10.1. The highest BCUT2D eigenvalue weighted by molar-refractivity contribution is 5.50. The number of halogens is 3. The standard InChI is InChI=1S/C11H12F3N/c1-7-2-3-9(15-8-4-5-8)6-10(7)11(12,13)14/h2-3,6,8,15H,4-5H2,1H3. The van der Waals surface area contributed by atoms with Crippen molar-refractivity contribution in [1.82, 2.24) is 0 Å². The van der Waals surface area contributed by atoms with Crippen molar-refractivity contribution in [2.75, 3.05) is 5.32 Å². The summed E-state index contributed by atoms with van der Waals surface area (Å²) in [6.07, 6.45) is -2.16. The van der Waals surface area contributed by atoms with Crippen LogP contribution >= 0.6 is 0 Å². The number of hydrogen-bond acceptors (Lipinski definition) is 1. The van der Waals surface area contributed by atoms with Gasteiger partial charge in [-0.1, -0.05) is 6.07 Å². The van der Waals surface area contributed by atoms with Crippen molar-refractivity contribution in [1.29, 1.82) is 0 Å². The molecule has 2 rings (SSSR count). The van der Waals surface area contributed by atoms with Gasteiger partial charge in [0.25, 0.3) is 0 Å². The lowest BCUT2D eigenvalue weighted by Crippen LogP contribution is -2.09.